The van der Waals surface area contributed by atoms with Gasteiger partial charge in [-0.05, 0) is 62.4 Å². The molecule has 1 fully saturated rings. The van der Waals surface area contributed by atoms with Gasteiger partial charge in [0.2, 0.25) is 6.79 Å². The standard InChI is InChI=1S/C29H32N8O3/c1-4-13-36-14-5-6-20(15-36)37-28-23(27(30)31-16-32-28)24(34-37)21-11-12-22(26-25(21)39-17-40-26)33-29(38)18-7-9-19(10-8-18)35(2)3/h4,7-13,16,20H,5-6,14-15,17H2,1-3H3,(H,33,38)(H2,30,31,32). The number of benzene rings is 2. The number of nitrogens with two attached hydrogens (primary N) is 1. The summed E-state index contributed by atoms with van der Waals surface area (Å²) in [4.78, 5) is 26.2. The number of likely N-dealkylation sites (tertiary alicyclic amines) is 1. The van der Waals surface area contributed by atoms with Crippen LogP contribution < -0.4 is 25.4 Å². The smallest absolute Gasteiger partial charge is 0.255 e. The van der Waals surface area contributed by atoms with Crippen LogP contribution in [0.2, 0.25) is 0 Å². The van der Waals surface area contributed by atoms with Crippen LogP contribution in [0.4, 0.5) is 17.2 Å². The van der Waals surface area contributed by atoms with Crippen molar-refractivity contribution in [2.24, 2.45) is 0 Å². The Morgan fingerprint density at radius 3 is 2.70 bits per heavy atom. The molecule has 1 amide bonds. The number of amides is 1. The third-order valence-corrected chi connectivity index (χ3v) is 7.32. The Kier molecular flexibility index (Phi) is 6.63. The summed E-state index contributed by atoms with van der Waals surface area (Å²) < 4.78 is 13.7. The Morgan fingerprint density at radius 1 is 1.12 bits per heavy atom. The average molecular weight is 541 g/mol. The lowest BCUT2D eigenvalue weighted by molar-refractivity contribution is 0.102. The fourth-order valence-electron chi connectivity index (χ4n) is 5.35. The summed E-state index contributed by atoms with van der Waals surface area (Å²) in [7, 11) is 3.91. The first-order valence-corrected chi connectivity index (χ1v) is 13.3. The van der Waals surface area contributed by atoms with Gasteiger partial charge in [-0.1, -0.05) is 6.08 Å². The Labute approximate surface area is 232 Å². The van der Waals surface area contributed by atoms with Crippen molar-refractivity contribution in [2.75, 3.05) is 49.9 Å². The number of hydrogen-bond donors (Lipinski definition) is 2. The molecule has 4 aromatic rings. The molecule has 1 unspecified atom stereocenters. The minimum Gasteiger partial charge on any atom is -0.453 e. The van der Waals surface area contributed by atoms with Gasteiger partial charge in [0.1, 0.15) is 17.8 Å². The molecule has 0 saturated carbocycles. The number of fused-ring (bicyclic) bond motifs is 2. The molecule has 0 bridgehead atoms. The van der Waals surface area contributed by atoms with Crippen molar-refractivity contribution < 1.29 is 14.3 Å². The summed E-state index contributed by atoms with van der Waals surface area (Å²) in [6.45, 7) is 3.88. The number of rotatable bonds is 6. The molecule has 206 valence electrons. The third-order valence-electron chi connectivity index (χ3n) is 7.32. The lowest BCUT2D eigenvalue weighted by Crippen LogP contribution is -2.33. The Morgan fingerprint density at radius 2 is 1.93 bits per heavy atom. The fourth-order valence-corrected chi connectivity index (χ4v) is 5.35. The maximum atomic E-state index is 13.0. The van der Waals surface area contributed by atoms with Gasteiger partial charge in [-0.3, -0.25) is 4.79 Å². The van der Waals surface area contributed by atoms with Crippen molar-refractivity contribution in [3.05, 3.63) is 60.6 Å². The van der Waals surface area contributed by atoms with Crippen LogP contribution in [0, 0.1) is 0 Å². The molecular formula is C29H32N8O3. The van der Waals surface area contributed by atoms with Gasteiger partial charge in [0, 0.05) is 44.0 Å². The van der Waals surface area contributed by atoms with Gasteiger partial charge < -0.3 is 30.3 Å². The van der Waals surface area contributed by atoms with Crippen LogP contribution >= 0.6 is 0 Å². The van der Waals surface area contributed by atoms with Gasteiger partial charge in [-0.25, -0.2) is 14.6 Å². The normalized spacial score (nSPS) is 16.6. The SMILES string of the molecule is CC=CN1CCCC(n2nc(-c3ccc(NC(=O)c4ccc(N(C)C)cc4)c4c3OCO4)c3c(N)ncnc32)C1. The predicted molar refractivity (Wildman–Crippen MR) is 155 cm³/mol. The van der Waals surface area contributed by atoms with E-state index in [0.717, 1.165) is 31.6 Å². The van der Waals surface area contributed by atoms with Crippen LogP contribution in [0.25, 0.3) is 22.3 Å². The lowest BCUT2D eigenvalue weighted by Gasteiger charge is -2.32. The van der Waals surface area contributed by atoms with E-state index in [1.807, 2.05) is 48.8 Å². The quantitative estimate of drug-likeness (QED) is 0.368. The highest BCUT2D eigenvalue weighted by Crippen LogP contribution is 2.48. The van der Waals surface area contributed by atoms with Gasteiger partial charge in [0.15, 0.2) is 17.1 Å². The molecule has 11 heteroatoms. The number of carbonyl (C=O) groups excluding carboxylic acids is 1. The number of hydrogen-bond acceptors (Lipinski definition) is 9. The Bertz CT molecular complexity index is 1600. The summed E-state index contributed by atoms with van der Waals surface area (Å²) in [6.07, 6.45) is 7.66. The van der Waals surface area contributed by atoms with Crippen molar-refractivity contribution in [3.8, 4) is 22.8 Å². The fraction of sp³-hybridized carbons (Fsp3) is 0.310. The predicted octanol–water partition coefficient (Wildman–Crippen LogP) is 4.29. The summed E-state index contributed by atoms with van der Waals surface area (Å²) in [5.41, 5.74) is 10.5. The number of carbonyl (C=O) groups is 1. The molecule has 2 aromatic heterocycles. The minimum absolute atomic E-state index is 0.0261. The van der Waals surface area contributed by atoms with E-state index in [1.54, 1.807) is 18.2 Å². The van der Waals surface area contributed by atoms with E-state index in [1.165, 1.54) is 6.33 Å². The maximum Gasteiger partial charge on any atom is 0.255 e. The van der Waals surface area contributed by atoms with Crippen molar-refractivity contribution in [1.82, 2.24) is 24.6 Å². The molecule has 2 aliphatic rings. The van der Waals surface area contributed by atoms with E-state index < -0.39 is 0 Å². The number of allylic oxidation sites excluding steroid dienone is 1. The molecule has 11 nitrogen and oxygen atoms in total. The molecule has 2 aliphatic heterocycles. The van der Waals surface area contributed by atoms with Crippen LogP contribution in [0.1, 0.15) is 36.2 Å². The van der Waals surface area contributed by atoms with E-state index in [-0.39, 0.29) is 18.7 Å². The molecule has 0 aliphatic carbocycles. The molecule has 0 spiro atoms. The summed E-state index contributed by atoms with van der Waals surface area (Å²) >= 11 is 0. The summed E-state index contributed by atoms with van der Waals surface area (Å²) in [5.74, 6) is 1.05. The monoisotopic (exact) mass is 540 g/mol. The van der Waals surface area contributed by atoms with Crippen molar-refractivity contribution >= 4 is 34.1 Å². The van der Waals surface area contributed by atoms with Crippen molar-refractivity contribution in [2.45, 2.75) is 25.8 Å². The van der Waals surface area contributed by atoms with Gasteiger partial charge in [-0.2, -0.15) is 5.10 Å². The van der Waals surface area contributed by atoms with E-state index in [9.17, 15) is 4.79 Å². The second-order valence-electron chi connectivity index (χ2n) is 10.1. The molecule has 40 heavy (non-hydrogen) atoms. The van der Waals surface area contributed by atoms with Crippen LogP contribution in [-0.4, -0.2) is 64.5 Å². The number of anilines is 3. The highest BCUT2D eigenvalue weighted by molar-refractivity contribution is 6.06. The van der Waals surface area contributed by atoms with Crippen LogP contribution in [0.5, 0.6) is 11.5 Å². The Hall–Kier alpha value is -4.80. The minimum atomic E-state index is -0.244. The first-order valence-electron chi connectivity index (χ1n) is 13.3. The molecule has 1 atom stereocenters. The number of nitrogen functional groups attached to an aromatic ring is 1. The van der Waals surface area contributed by atoms with E-state index in [0.29, 0.717) is 50.9 Å². The largest absolute Gasteiger partial charge is 0.453 e. The number of nitrogens with zero attached hydrogens (tertiary/aromatic N) is 6. The van der Waals surface area contributed by atoms with Crippen molar-refractivity contribution in [3.63, 3.8) is 0 Å². The molecular weight excluding hydrogens is 508 g/mol. The second-order valence-corrected chi connectivity index (χ2v) is 10.1. The number of ether oxygens (including phenoxy) is 2. The highest BCUT2D eigenvalue weighted by Gasteiger charge is 2.30. The Balaban J connectivity index is 1.37. The van der Waals surface area contributed by atoms with Crippen LogP contribution in [0.15, 0.2) is 55.0 Å². The van der Waals surface area contributed by atoms with Gasteiger partial charge in [0.05, 0.1) is 17.1 Å². The topological polar surface area (TPSA) is 124 Å². The zero-order valence-corrected chi connectivity index (χ0v) is 22.8. The van der Waals surface area contributed by atoms with E-state index >= 15 is 0 Å². The van der Waals surface area contributed by atoms with E-state index in [2.05, 4.69) is 32.5 Å². The number of nitrogens with one attached hydrogen (secondary N) is 1. The first kappa shape index (κ1) is 25.5. The van der Waals surface area contributed by atoms with Gasteiger partial charge in [0.25, 0.3) is 5.91 Å². The maximum absolute atomic E-state index is 13.0. The zero-order chi connectivity index (χ0) is 27.8. The van der Waals surface area contributed by atoms with Gasteiger partial charge >= 0.3 is 0 Å². The van der Waals surface area contributed by atoms with Crippen molar-refractivity contribution in [1.29, 1.82) is 0 Å². The lowest BCUT2D eigenvalue weighted by atomic mass is 10.1. The summed E-state index contributed by atoms with van der Waals surface area (Å²) in [5, 5.41) is 8.66. The molecule has 4 heterocycles. The summed E-state index contributed by atoms with van der Waals surface area (Å²) in [6, 6.07) is 11.2. The molecule has 6 rings (SSSR count). The third kappa shape index (κ3) is 4.53. The highest BCUT2D eigenvalue weighted by atomic mass is 16.7. The number of piperidine rings is 1. The molecule has 0 radical (unpaired) electrons. The number of aromatic nitrogens is 4. The van der Waals surface area contributed by atoms with E-state index in [4.69, 9.17) is 20.3 Å². The van der Waals surface area contributed by atoms with Crippen LogP contribution in [-0.2, 0) is 0 Å². The molecule has 3 N–H and O–H groups in total. The first-order chi connectivity index (χ1) is 19.4. The zero-order valence-electron chi connectivity index (χ0n) is 22.8. The average Bonchev–Trinajstić information content (AvgIpc) is 3.60. The molecule has 2 aromatic carbocycles. The van der Waals surface area contributed by atoms with Crippen LogP contribution in [0.3, 0.4) is 0 Å². The second kappa shape index (κ2) is 10.4. The van der Waals surface area contributed by atoms with Gasteiger partial charge in [-0.15, -0.1) is 0 Å². The molecule has 1 saturated heterocycles.